The van der Waals surface area contributed by atoms with Gasteiger partial charge in [-0.25, -0.2) is 8.78 Å². The van der Waals surface area contributed by atoms with Gasteiger partial charge in [-0.05, 0) is 36.0 Å². The summed E-state index contributed by atoms with van der Waals surface area (Å²) in [6.45, 7) is 1.39. The lowest BCUT2D eigenvalue weighted by molar-refractivity contribution is 0.232. The number of hydrogen-bond donors (Lipinski definition) is 1. The lowest BCUT2D eigenvalue weighted by atomic mass is 9.75. The van der Waals surface area contributed by atoms with Crippen LogP contribution >= 0.6 is 11.8 Å². The maximum absolute atomic E-state index is 13.1. The first kappa shape index (κ1) is 14.8. The second-order valence-electron chi connectivity index (χ2n) is 6.07. The summed E-state index contributed by atoms with van der Waals surface area (Å²) in [6, 6.07) is 4.00. The minimum absolute atomic E-state index is 0.413. The van der Waals surface area contributed by atoms with E-state index in [2.05, 4.69) is 10.3 Å². The smallest absolute Gasteiger partial charge is 0.159 e. The SMILES string of the molecule is Fc1ccc(CNC2=NCC3(CCCCC3)CS2)cc1F. The number of benzene rings is 1. The molecule has 2 nitrogen and oxygen atoms in total. The molecule has 1 aromatic carbocycles. The Hall–Kier alpha value is -1.10. The number of aliphatic imine (C=N–C) groups is 1. The third-order valence-corrected chi connectivity index (χ3v) is 5.72. The molecule has 1 N–H and O–H groups in total. The van der Waals surface area contributed by atoms with Crippen molar-refractivity contribution in [2.45, 2.75) is 38.6 Å². The quantitative estimate of drug-likeness (QED) is 0.889. The Balaban J connectivity index is 1.55. The fraction of sp³-hybridized carbons (Fsp3) is 0.562. The maximum atomic E-state index is 13.1. The van der Waals surface area contributed by atoms with E-state index in [0.29, 0.717) is 12.0 Å². The van der Waals surface area contributed by atoms with E-state index < -0.39 is 11.6 Å². The van der Waals surface area contributed by atoms with Crippen molar-refractivity contribution >= 4 is 16.9 Å². The largest absolute Gasteiger partial charge is 0.361 e. The fourth-order valence-corrected chi connectivity index (χ4v) is 4.24. The third-order valence-electron chi connectivity index (χ3n) is 4.42. The number of nitrogens with one attached hydrogen (secondary N) is 1. The van der Waals surface area contributed by atoms with Crippen molar-refractivity contribution in [3.8, 4) is 0 Å². The first-order valence-corrected chi connectivity index (χ1v) is 8.51. The number of rotatable bonds is 2. The highest BCUT2D eigenvalue weighted by atomic mass is 32.2. The van der Waals surface area contributed by atoms with Crippen LogP contribution in [0, 0.1) is 17.0 Å². The molecular formula is C16H20F2N2S. The predicted octanol–water partition coefficient (Wildman–Crippen LogP) is 4.11. The van der Waals surface area contributed by atoms with E-state index >= 15 is 0 Å². The summed E-state index contributed by atoms with van der Waals surface area (Å²) in [7, 11) is 0. The van der Waals surface area contributed by atoms with Crippen LogP contribution in [0.15, 0.2) is 23.2 Å². The van der Waals surface area contributed by atoms with Crippen LogP contribution in [0.25, 0.3) is 0 Å². The number of halogens is 2. The van der Waals surface area contributed by atoms with Crippen LogP contribution in [0.5, 0.6) is 0 Å². The number of amidine groups is 1. The van der Waals surface area contributed by atoms with Gasteiger partial charge in [0.15, 0.2) is 16.8 Å². The second-order valence-corrected chi connectivity index (χ2v) is 7.04. The molecule has 1 saturated carbocycles. The lowest BCUT2D eigenvalue weighted by Crippen LogP contribution is -2.36. The van der Waals surface area contributed by atoms with Crippen molar-refractivity contribution in [1.82, 2.24) is 5.32 Å². The first-order valence-electron chi connectivity index (χ1n) is 7.52. The first-order chi connectivity index (χ1) is 10.2. The van der Waals surface area contributed by atoms with Gasteiger partial charge in [0.2, 0.25) is 0 Å². The van der Waals surface area contributed by atoms with E-state index in [1.54, 1.807) is 17.8 Å². The van der Waals surface area contributed by atoms with E-state index in [1.807, 2.05) is 0 Å². The molecular weight excluding hydrogens is 290 g/mol. The zero-order valence-corrected chi connectivity index (χ0v) is 12.8. The Bertz CT molecular complexity index is 539. The van der Waals surface area contributed by atoms with Gasteiger partial charge >= 0.3 is 0 Å². The standard InChI is InChI=1S/C16H20F2N2S/c17-13-5-4-12(8-14(13)18)9-19-15-20-10-16(11-21-15)6-2-1-3-7-16/h4-5,8H,1-3,6-7,9-11H2,(H,19,20). The molecule has 0 unspecified atom stereocenters. The minimum atomic E-state index is -0.803. The molecule has 1 fully saturated rings. The van der Waals surface area contributed by atoms with Crippen molar-refractivity contribution in [2.75, 3.05) is 12.3 Å². The predicted molar refractivity (Wildman–Crippen MR) is 83.5 cm³/mol. The molecule has 1 heterocycles. The molecule has 1 aromatic rings. The summed E-state index contributed by atoms with van der Waals surface area (Å²) in [6.07, 6.45) is 6.60. The Morgan fingerprint density at radius 2 is 1.95 bits per heavy atom. The van der Waals surface area contributed by atoms with E-state index in [4.69, 9.17) is 0 Å². The normalized spacial score (nSPS) is 21.1. The van der Waals surface area contributed by atoms with Crippen molar-refractivity contribution in [2.24, 2.45) is 10.4 Å². The Morgan fingerprint density at radius 1 is 1.14 bits per heavy atom. The van der Waals surface area contributed by atoms with Gasteiger partial charge in [0.25, 0.3) is 0 Å². The van der Waals surface area contributed by atoms with Gasteiger partial charge in [-0.2, -0.15) is 0 Å². The molecule has 114 valence electrons. The van der Waals surface area contributed by atoms with Gasteiger partial charge in [-0.15, -0.1) is 0 Å². The van der Waals surface area contributed by atoms with Crippen LogP contribution in [0.1, 0.15) is 37.7 Å². The number of hydrogen-bond acceptors (Lipinski definition) is 3. The average Bonchev–Trinajstić information content (AvgIpc) is 2.51. The zero-order valence-electron chi connectivity index (χ0n) is 12.0. The van der Waals surface area contributed by atoms with Crippen molar-refractivity contribution < 1.29 is 8.78 Å². The molecule has 1 aliphatic heterocycles. The summed E-state index contributed by atoms with van der Waals surface area (Å²) in [4.78, 5) is 4.66. The molecule has 0 amide bonds. The average molecular weight is 310 g/mol. The van der Waals surface area contributed by atoms with Crippen molar-refractivity contribution in [1.29, 1.82) is 0 Å². The van der Waals surface area contributed by atoms with Crippen LogP contribution in [0.2, 0.25) is 0 Å². The van der Waals surface area contributed by atoms with Crippen LogP contribution in [-0.4, -0.2) is 17.5 Å². The fourth-order valence-electron chi connectivity index (χ4n) is 3.09. The summed E-state index contributed by atoms with van der Waals surface area (Å²) in [5.74, 6) is -0.479. The lowest BCUT2D eigenvalue weighted by Gasteiger charge is -2.38. The molecule has 1 spiro atoms. The maximum Gasteiger partial charge on any atom is 0.159 e. The van der Waals surface area contributed by atoms with E-state index in [9.17, 15) is 8.78 Å². The summed E-state index contributed by atoms with van der Waals surface area (Å²) >= 11 is 1.77. The minimum Gasteiger partial charge on any atom is -0.361 e. The Labute approximate surface area is 128 Å². The van der Waals surface area contributed by atoms with Gasteiger partial charge in [0.1, 0.15) is 0 Å². The topological polar surface area (TPSA) is 24.4 Å². The molecule has 0 radical (unpaired) electrons. The zero-order chi connectivity index (χ0) is 14.7. The van der Waals surface area contributed by atoms with Gasteiger partial charge in [-0.1, -0.05) is 37.1 Å². The Morgan fingerprint density at radius 3 is 2.62 bits per heavy atom. The number of nitrogens with zero attached hydrogens (tertiary/aromatic N) is 1. The third kappa shape index (κ3) is 3.57. The Kier molecular flexibility index (Phi) is 4.48. The highest BCUT2D eigenvalue weighted by molar-refractivity contribution is 8.13. The molecule has 2 aliphatic rings. The summed E-state index contributed by atoms with van der Waals surface area (Å²) < 4.78 is 26.0. The molecule has 3 rings (SSSR count). The van der Waals surface area contributed by atoms with Crippen LogP contribution in [0.3, 0.4) is 0 Å². The molecule has 1 aliphatic carbocycles. The van der Waals surface area contributed by atoms with Gasteiger partial charge in [0.05, 0.1) is 0 Å². The van der Waals surface area contributed by atoms with Crippen LogP contribution in [0.4, 0.5) is 8.78 Å². The van der Waals surface area contributed by atoms with Gasteiger partial charge in [-0.3, -0.25) is 4.99 Å². The number of thioether (sulfide) groups is 1. The van der Waals surface area contributed by atoms with Gasteiger partial charge < -0.3 is 5.32 Å². The molecule has 21 heavy (non-hydrogen) atoms. The molecule has 0 bridgehead atoms. The monoisotopic (exact) mass is 310 g/mol. The van der Waals surface area contributed by atoms with E-state index in [1.165, 1.54) is 44.2 Å². The second kappa shape index (κ2) is 6.34. The van der Waals surface area contributed by atoms with Crippen molar-refractivity contribution in [3.63, 3.8) is 0 Å². The molecule has 0 saturated heterocycles. The highest BCUT2D eigenvalue weighted by Gasteiger charge is 2.34. The van der Waals surface area contributed by atoms with Gasteiger partial charge in [0, 0.05) is 18.8 Å². The molecule has 0 atom stereocenters. The van der Waals surface area contributed by atoms with Crippen LogP contribution in [-0.2, 0) is 6.54 Å². The molecule has 5 heteroatoms. The molecule has 0 aromatic heterocycles. The summed E-state index contributed by atoms with van der Waals surface area (Å²) in [5.41, 5.74) is 1.14. The highest BCUT2D eigenvalue weighted by Crippen LogP contribution is 2.41. The van der Waals surface area contributed by atoms with Crippen molar-refractivity contribution in [3.05, 3.63) is 35.4 Å². The van der Waals surface area contributed by atoms with E-state index in [-0.39, 0.29) is 0 Å². The summed E-state index contributed by atoms with van der Waals surface area (Å²) in [5, 5.41) is 4.16. The van der Waals surface area contributed by atoms with Crippen LogP contribution < -0.4 is 5.32 Å². The van der Waals surface area contributed by atoms with E-state index in [0.717, 1.165) is 23.0 Å².